The SMILES string of the molecule is CC(C)C(CN)CNc1cccc(Cl)c1-n1ccnc1. The van der Waals surface area contributed by atoms with Gasteiger partial charge in [0, 0.05) is 18.9 Å². The van der Waals surface area contributed by atoms with E-state index >= 15 is 0 Å². The number of halogens is 1. The first-order chi connectivity index (χ1) is 9.63. The zero-order valence-electron chi connectivity index (χ0n) is 11.9. The highest BCUT2D eigenvalue weighted by molar-refractivity contribution is 6.33. The van der Waals surface area contributed by atoms with Gasteiger partial charge in [-0.15, -0.1) is 0 Å². The first kappa shape index (κ1) is 14.9. The summed E-state index contributed by atoms with van der Waals surface area (Å²) in [7, 11) is 0. The lowest BCUT2D eigenvalue weighted by Crippen LogP contribution is -2.27. The largest absolute Gasteiger partial charge is 0.383 e. The average molecular weight is 293 g/mol. The second-order valence-corrected chi connectivity index (χ2v) is 5.63. The number of anilines is 1. The molecule has 0 amide bonds. The van der Waals surface area contributed by atoms with Gasteiger partial charge in [0.05, 0.1) is 22.7 Å². The Balaban J connectivity index is 2.22. The van der Waals surface area contributed by atoms with E-state index in [0.29, 0.717) is 23.4 Å². The summed E-state index contributed by atoms with van der Waals surface area (Å²) in [5.74, 6) is 0.980. The summed E-state index contributed by atoms with van der Waals surface area (Å²) in [5.41, 5.74) is 7.74. The highest BCUT2D eigenvalue weighted by Crippen LogP contribution is 2.28. The number of aromatic nitrogens is 2. The van der Waals surface area contributed by atoms with Crippen LogP contribution in [0.15, 0.2) is 36.9 Å². The van der Waals surface area contributed by atoms with Gasteiger partial charge in [0.15, 0.2) is 0 Å². The Hall–Kier alpha value is -1.52. The fraction of sp³-hybridized carbons (Fsp3) is 0.400. The maximum absolute atomic E-state index is 6.32. The first-order valence-corrected chi connectivity index (χ1v) is 7.22. The van der Waals surface area contributed by atoms with Gasteiger partial charge in [-0.3, -0.25) is 0 Å². The highest BCUT2D eigenvalue weighted by Gasteiger charge is 2.13. The van der Waals surface area contributed by atoms with E-state index in [1.165, 1.54) is 0 Å². The van der Waals surface area contributed by atoms with Gasteiger partial charge in [-0.05, 0) is 30.5 Å². The van der Waals surface area contributed by atoms with Crippen LogP contribution in [-0.2, 0) is 0 Å². The van der Waals surface area contributed by atoms with Crippen molar-refractivity contribution >= 4 is 17.3 Å². The summed E-state index contributed by atoms with van der Waals surface area (Å²) in [6.07, 6.45) is 5.37. The topological polar surface area (TPSA) is 55.9 Å². The molecular weight excluding hydrogens is 272 g/mol. The molecule has 108 valence electrons. The standard InChI is InChI=1S/C15H21ClN4/c1-11(2)12(8-17)9-19-14-5-3-4-13(16)15(14)20-7-6-18-10-20/h3-7,10-12,19H,8-9,17H2,1-2H3. The fourth-order valence-electron chi connectivity index (χ4n) is 2.14. The number of para-hydroxylation sites is 1. The molecule has 0 aliphatic rings. The van der Waals surface area contributed by atoms with Crippen molar-refractivity contribution in [3.8, 4) is 5.69 Å². The van der Waals surface area contributed by atoms with E-state index < -0.39 is 0 Å². The molecule has 0 spiro atoms. The fourth-order valence-corrected chi connectivity index (χ4v) is 2.42. The van der Waals surface area contributed by atoms with Crippen LogP contribution in [-0.4, -0.2) is 22.6 Å². The predicted octanol–water partition coefficient (Wildman–Crippen LogP) is 3.17. The predicted molar refractivity (Wildman–Crippen MR) is 84.4 cm³/mol. The number of rotatable bonds is 6. The molecule has 2 rings (SSSR count). The summed E-state index contributed by atoms with van der Waals surface area (Å²) in [5, 5.41) is 4.16. The molecule has 0 fully saturated rings. The van der Waals surface area contributed by atoms with E-state index in [0.717, 1.165) is 17.9 Å². The lowest BCUT2D eigenvalue weighted by molar-refractivity contribution is 0.413. The number of nitrogens with one attached hydrogen (secondary N) is 1. The Morgan fingerprint density at radius 2 is 2.20 bits per heavy atom. The zero-order chi connectivity index (χ0) is 14.5. The number of nitrogens with zero attached hydrogens (tertiary/aromatic N) is 2. The second kappa shape index (κ2) is 6.77. The average Bonchev–Trinajstić information content (AvgIpc) is 2.92. The lowest BCUT2D eigenvalue weighted by atomic mass is 9.96. The molecule has 3 N–H and O–H groups in total. The van der Waals surface area contributed by atoms with Crippen molar-refractivity contribution in [3.63, 3.8) is 0 Å². The molecule has 0 aliphatic carbocycles. The summed E-state index contributed by atoms with van der Waals surface area (Å²) in [4.78, 5) is 4.08. The van der Waals surface area contributed by atoms with Crippen molar-refractivity contribution < 1.29 is 0 Å². The molecule has 1 atom stereocenters. The van der Waals surface area contributed by atoms with E-state index in [-0.39, 0.29) is 0 Å². The van der Waals surface area contributed by atoms with Gasteiger partial charge in [0.2, 0.25) is 0 Å². The Bertz CT molecular complexity index is 537. The monoisotopic (exact) mass is 292 g/mol. The van der Waals surface area contributed by atoms with Gasteiger partial charge < -0.3 is 15.6 Å². The Labute approximate surface area is 125 Å². The first-order valence-electron chi connectivity index (χ1n) is 6.84. The van der Waals surface area contributed by atoms with Crippen molar-refractivity contribution in [1.29, 1.82) is 0 Å². The molecule has 1 unspecified atom stereocenters. The van der Waals surface area contributed by atoms with Gasteiger partial charge in [-0.2, -0.15) is 0 Å². The third kappa shape index (κ3) is 3.32. The van der Waals surface area contributed by atoms with Gasteiger partial charge in [0.25, 0.3) is 0 Å². The molecule has 2 aromatic rings. The molecule has 1 heterocycles. The van der Waals surface area contributed by atoms with Gasteiger partial charge in [-0.25, -0.2) is 4.98 Å². The molecule has 20 heavy (non-hydrogen) atoms. The summed E-state index contributed by atoms with van der Waals surface area (Å²) >= 11 is 6.32. The van der Waals surface area contributed by atoms with Gasteiger partial charge in [-0.1, -0.05) is 31.5 Å². The molecule has 0 radical (unpaired) electrons. The number of nitrogens with two attached hydrogens (primary N) is 1. The second-order valence-electron chi connectivity index (χ2n) is 5.23. The third-order valence-corrected chi connectivity index (χ3v) is 3.85. The minimum atomic E-state index is 0.435. The van der Waals surface area contributed by atoms with Crippen molar-refractivity contribution in [2.45, 2.75) is 13.8 Å². The van der Waals surface area contributed by atoms with E-state index in [9.17, 15) is 0 Å². The Kier molecular flexibility index (Phi) is 5.04. The van der Waals surface area contributed by atoms with Crippen LogP contribution < -0.4 is 11.1 Å². The minimum Gasteiger partial charge on any atom is -0.383 e. The van der Waals surface area contributed by atoms with Crippen LogP contribution in [0.1, 0.15) is 13.8 Å². The number of hydrogen-bond acceptors (Lipinski definition) is 3. The lowest BCUT2D eigenvalue weighted by Gasteiger charge is -2.21. The van der Waals surface area contributed by atoms with Crippen LogP contribution in [0.25, 0.3) is 5.69 Å². The van der Waals surface area contributed by atoms with E-state index in [2.05, 4.69) is 24.1 Å². The molecular formula is C15H21ClN4. The van der Waals surface area contributed by atoms with Crippen molar-refractivity contribution in [1.82, 2.24) is 9.55 Å². The molecule has 5 heteroatoms. The van der Waals surface area contributed by atoms with Crippen molar-refractivity contribution in [2.75, 3.05) is 18.4 Å². The molecule has 0 aliphatic heterocycles. The Morgan fingerprint density at radius 1 is 1.40 bits per heavy atom. The van der Waals surface area contributed by atoms with Gasteiger partial charge >= 0.3 is 0 Å². The van der Waals surface area contributed by atoms with Crippen LogP contribution in [0.4, 0.5) is 5.69 Å². The number of imidazole rings is 1. The smallest absolute Gasteiger partial charge is 0.0992 e. The van der Waals surface area contributed by atoms with Crippen molar-refractivity contribution in [3.05, 3.63) is 41.9 Å². The highest BCUT2D eigenvalue weighted by atomic mass is 35.5. The van der Waals surface area contributed by atoms with Crippen LogP contribution in [0.2, 0.25) is 5.02 Å². The van der Waals surface area contributed by atoms with E-state index in [4.69, 9.17) is 17.3 Å². The summed E-state index contributed by atoms with van der Waals surface area (Å²) in [6, 6.07) is 5.85. The maximum Gasteiger partial charge on any atom is 0.0992 e. The summed E-state index contributed by atoms with van der Waals surface area (Å²) < 4.78 is 1.91. The number of benzene rings is 1. The van der Waals surface area contributed by atoms with Crippen LogP contribution >= 0.6 is 11.6 Å². The van der Waals surface area contributed by atoms with Crippen LogP contribution in [0.5, 0.6) is 0 Å². The molecule has 0 saturated heterocycles. The van der Waals surface area contributed by atoms with Crippen LogP contribution in [0.3, 0.4) is 0 Å². The van der Waals surface area contributed by atoms with Gasteiger partial charge in [0.1, 0.15) is 0 Å². The maximum atomic E-state index is 6.32. The molecule has 1 aromatic heterocycles. The zero-order valence-corrected chi connectivity index (χ0v) is 12.6. The molecule has 0 bridgehead atoms. The molecule has 0 saturated carbocycles. The van der Waals surface area contributed by atoms with Crippen LogP contribution in [0, 0.1) is 11.8 Å². The quantitative estimate of drug-likeness (QED) is 0.860. The Morgan fingerprint density at radius 3 is 2.80 bits per heavy atom. The number of hydrogen-bond donors (Lipinski definition) is 2. The third-order valence-electron chi connectivity index (χ3n) is 3.55. The van der Waals surface area contributed by atoms with E-state index in [1.54, 1.807) is 12.5 Å². The molecule has 4 nitrogen and oxygen atoms in total. The molecule has 1 aromatic carbocycles. The normalized spacial score (nSPS) is 12.7. The van der Waals surface area contributed by atoms with Crippen molar-refractivity contribution in [2.24, 2.45) is 17.6 Å². The van der Waals surface area contributed by atoms with E-state index in [1.807, 2.05) is 29.0 Å². The summed E-state index contributed by atoms with van der Waals surface area (Å²) in [6.45, 7) is 5.88. The minimum absolute atomic E-state index is 0.435.